The highest BCUT2D eigenvalue weighted by Crippen LogP contribution is 2.27. The predicted molar refractivity (Wildman–Crippen MR) is 74.7 cm³/mol. The van der Waals surface area contributed by atoms with Crippen molar-refractivity contribution in [2.45, 2.75) is 25.8 Å². The van der Waals surface area contributed by atoms with Gasteiger partial charge >= 0.3 is 0 Å². The van der Waals surface area contributed by atoms with E-state index in [1.54, 1.807) is 0 Å². The van der Waals surface area contributed by atoms with Gasteiger partial charge in [0.05, 0.1) is 11.5 Å². The Balaban J connectivity index is 2.31. The minimum absolute atomic E-state index is 0.0316. The average molecular weight is 285 g/mol. The number of hydrogen-bond acceptors (Lipinski definition) is 7. The average Bonchev–Trinajstić information content (AvgIpc) is 2.77. The Morgan fingerprint density at radius 2 is 2.26 bits per heavy atom. The molecule has 1 fully saturated rings. The summed E-state index contributed by atoms with van der Waals surface area (Å²) in [6.45, 7) is 1.99. The molecule has 8 heteroatoms. The number of nitrogens with two attached hydrogens (primary N) is 1. The molecule has 1 aliphatic rings. The highest BCUT2D eigenvalue weighted by atomic mass is 32.2. The molecular formula is C11H19N5O2S. The first kappa shape index (κ1) is 14.0. The minimum Gasteiger partial charge on any atom is -0.355 e. The first-order valence-corrected chi connectivity index (χ1v) is 8.04. The maximum Gasteiger partial charge on any atom is 0.152 e. The van der Waals surface area contributed by atoms with Crippen LogP contribution < -0.4 is 16.2 Å². The van der Waals surface area contributed by atoms with Gasteiger partial charge in [-0.25, -0.2) is 24.2 Å². The maximum atomic E-state index is 11.6. The first-order chi connectivity index (χ1) is 8.98. The molecule has 106 valence electrons. The fourth-order valence-electron chi connectivity index (χ4n) is 2.41. The lowest BCUT2D eigenvalue weighted by atomic mass is 10.1. The first-order valence-electron chi connectivity index (χ1n) is 6.22. The number of rotatable bonds is 4. The number of hydrogen-bond donors (Lipinski definition) is 2. The second-order valence-electron chi connectivity index (χ2n) is 4.69. The SMILES string of the molecule is CCc1c(NN)ncnc1N(C)C1CCS(=O)(=O)C1. The van der Waals surface area contributed by atoms with Crippen molar-refractivity contribution in [2.24, 2.45) is 5.84 Å². The van der Waals surface area contributed by atoms with Crippen molar-refractivity contribution in [3.63, 3.8) is 0 Å². The fraction of sp³-hybridized carbons (Fsp3) is 0.636. The molecule has 0 spiro atoms. The van der Waals surface area contributed by atoms with E-state index in [9.17, 15) is 8.42 Å². The number of nitrogens with one attached hydrogen (secondary N) is 1. The normalized spacial score (nSPS) is 21.3. The largest absolute Gasteiger partial charge is 0.355 e. The second kappa shape index (κ2) is 5.30. The molecular weight excluding hydrogens is 266 g/mol. The summed E-state index contributed by atoms with van der Waals surface area (Å²) in [6, 6.07) is -0.0316. The summed E-state index contributed by atoms with van der Waals surface area (Å²) >= 11 is 0. The van der Waals surface area contributed by atoms with Gasteiger partial charge in [-0.05, 0) is 12.8 Å². The Labute approximate surface area is 113 Å². The zero-order valence-corrected chi connectivity index (χ0v) is 11.9. The Bertz CT molecular complexity index is 560. The number of anilines is 2. The van der Waals surface area contributed by atoms with Crippen LogP contribution in [0.15, 0.2) is 6.33 Å². The number of nitrogens with zero attached hydrogens (tertiary/aromatic N) is 3. The van der Waals surface area contributed by atoms with Crippen LogP contribution in [-0.4, -0.2) is 43.0 Å². The highest BCUT2D eigenvalue weighted by Gasteiger charge is 2.32. The molecule has 1 atom stereocenters. The fourth-order valence-corrected chi connectivity index (χ4v) is 4.19. The van der Waals surface area contributed by atoms with Gasteiger partial charge in [0.2, 0.25) is 0 Å². The molecule has 0 amide bonds. The van der Waals surface area contributed by atoms with E-state index >= 15 is 0 Å². The van der Waals surface area contributed by atoms with Crippen molar-refractivity contribution in [2.75, 3.05) is 28.9 Å². The molecule has 7 nitrogen and oxygen atoms in total. The molecule has 0 bridgehead atoms. The zero-order chi connectivity index (χ0) is 14.0. The van der Waals surface area contributed by atoms with Gasteiger partial charge in [-0.3, -0.25) is 0 Å². The molecule has 3 N–H and O–H groups in total. The summed E-state index contributed by atoms with van der Waals surface area (Å²) in [5, 5.41) is 0. The van der Waals surface area contributed by atoms with Crippen molar-refractivity contribution in [1.82, 2.24) is 9.97 Å². The van der Waals surface area contributed by atoms with Gasteiger partial charge in [0.25, 0.3) is 0 Å². The molecule has 0 saturated carbocycles. The summed E-state index contributed by atoms with van der Waals surface area (Å²) in [4.78, 5) is 10.3. The van der Waals surface area contributed by atoms with Crippen molar-refractivity contribution in [3.05, 3.63) is 11.9 Å². The molecule has 0 aromatic carbocycles. The van der Waals surface area contributed by atoms with E-state index < -0.39 is 9.84 Å². The van der Waals surface area contributed by atoms with E-state index in [0.717, 1.165) is 17.8 Å². The molecule has 2 rings (SSSR count). The molecule has 0 radical (unpaired) electrons. The van der Waals surface area contributed by atoms with Crippen LogP contribution in [0.3, 0.4) is 0 Å². The van der Waals surface area contributed by atoms with Crippen LogP contribution in [0.5, 0.6) is 0 Å². The monoisotopic (exact) mass is 285 g/mol. The van der Waals surface area contributed by atoms with Crippen LogP contribution in [0.25, 0.3) is 0 Å². The molecule has 0 aliphatic carbocycles. The Kier molecular flexibility index (Phi) is 3.91. The molecule has 1 aromatic heterocycles. The molecule has 1 unspecified atom stereocenters. The predicted octanol–water partition coefficient (Wildman–Crippen LogP) is -0.0521. The number of sulfone groups is 1. The standard InChI is InChI=1S/C11H19N5O2S/c1-3-9-10(15-12)13-7-14-11(9)16(2)8-4-5-19(17,18)6-8/h7-8H,3-6,12H2,1-2H3,(H,13,14,15). The summed E-state index contributed by atoms with van der Waals surface area (Å²) in [5.74, 6) is 7.19. The lowest BCUT2D eigenvalue weighted by Crippen LogP contribution is -2.34. The Hall–Kier alpha value is -1.41. The summed E-state index contributed by atoms with van der Waals surface area (Å²) in [7, 11) is -1.04. The molecule has 1 aromatic rings. The van der Waals surface area contributed by atoms with Gasteiger partial charge in [-0.2, -0.15) is 0 Å². The number of hydrazine groups is 1. The van der Waals surface area contributed by atoms with Gasteiger partial charge in [0.1, 0.15) is 18.0 Å². The van der Waals surface area contributed by atoms with Gasteiger partial charge < -0.3 is 10.3 Å². The van der Waals surface area contributed by atoms with Crippen LogP contribution in [0.1, 0.15) is 18.9 Å². The van der Waals surface area contributed by atoms with E-state index in [-0.39, 0.29) is 17.5 Å². The third-order valence-electron chi connectivity index (χ3n) is 3.50. The van der Waals surface area contributed by atoms with E-state index in [1.165, 1.54) is 6.33 Å². The summed E-state index contributed by atoms with van der Waals surface area (Å²) < 4.78 is 23.1. The van der Waals surface area contributed by atoms with Crippen LogP contribution in [-0.2, 0) is 16.3 Å². The van der Waals surface area contributed by atoms with E-state index in [4.69, 9.17) is 5.84 Å². The smallest absolute Gasteiger partial charge is 0.152 e. The van der Waals surface area contributed by atoms with Crippen LogP contribution in [0.4, 0.5) is 11.6 Å². The zero-order valence-electron chi connectivity index (χ0n) is 11.1. The van der Waals surface area contributed by atoms with Gasteiger partial charge in [0, 0.05) is 18.7 Å². The third kappa shape index (κ3) is 2.79. The van der Waals surface area contributed by atoms with Crippen molar-refractivity contribution >= 4 is 21.5 Å². The minimum atomic E-state index is -2.91. The van der Waals surface area contributed by atoms with Crippen molar-refractivity contribution in [3.8, 4) is 0 Å². The quantitative estimate of drug-likeness (QED) is 0.590. The Morgan fingerprint density at radius 3 is 2.79 bits per heavy atom. The van der Waals surface area contributed by atoms with E-state index in [0.29, 0.717) is 12.2 Å². The summed E-state index contributed by atoms with van der Waals surface area (Å²) in [5.41, 5.74) is 3.45. The van der Waals surface area contributed by atoms with Gasteiger partial charge in [-0.15, -0.1) is 0 Å². The second-order valence-corrected chi connectivity index (χ2v) is 6.92. The highest BCUT2D eigenvalue weighted by molar-refractivity contribution is 7.91. The molecule has 1 saturated heterocycles. The topological polar surface area (TPSA) is 101 Å². The Morgan fingerprint density at radius 1 is 1.53 bits per heavy atom. The van der Waals surface area contributed by atoms with Crippen LogP contribution >= 0.6 is 0 Å². The number of aromatic nitrogens is 2. The summed E-state index contributed by atoms with van der Waals surface area (Å²) in [6.07, 6.45) is 2.79. The van der Waals surface area contributed by atoms with Crippen molar-refractivity contribution in [1.29, 1.82) is 0 Å². The van der Waals surface area contributed by atoms with Gasteiger partial charge in [-0.1, -0.05) is 6.92 Å². The lowest BCUT2D eigenvalue weighted by molar-refractivity contribution is 0.600. The molecule has 2 heterocycles. The lowest BCUT2D eigenvalue weighted by Gasteiger charge is -2.26. The van der Waals surface area contributed by atoms with Gasteiger partial charge in [0.15, 0.2) is 9.84 Å². The number of nitrogen functional groups attached to an aromatic ring is 1. The van der Waals surface area contributed by atoms with E-state index in [1.807, 2.05) is 18.9 Å². The van der Waals surface area contributed by atoms with Crippen LogP contribution in [0.2, 0.25) is 0 Å². The van der Waals surface area contributed by atoms with E-state index in [2.05, 4.69) is 15.4 Å². The van der Waals surface area contributed by atoms with Crippen molar-refractivity contribution < 1.29 is 8.42 Å². The van der Waals surface area contributed by atoms with Crippen LogP contribution in [0, 0.1) is 0 Å². The maximum absolute atomic E-state index is 11.6. The molecule has 19 heavy (non-hydrogen) atoms. The molecule has 1 aliphatic heterocycles. The third-order valence-corrected chi connectivity index (χ3v) is 5.25.